The molecule has 1 unspecified atom stereocenters. The highest BCUT2D eigenvalue weighted by Gasteiger charge is 2.53. The maximum atomic E-state index is 13.2. The molecule has 0 aliphatic carbocycles. The van der Waals surface area contributed by atoms with E-state index in [2.05, 4.69) is 24.5 Å². The first kappa shape index (κ1) is 47.8. The van der Waals surface area contributed by atoms with Gasteiger partial charge in [0.1, 0.15) is 60.9 Å². The third kappa shape index (κ3) is 12.8. The molecule has 0 bridgehead atoms. The Kier molecular flexibility index (Phi) is 18.7. The smallest absolute Gasteiger partial charge is 0.330 e. The summed E-state index contributed by atoms with van der Waals surface area (Å²) in [6, 6.07) is -1.94. The standard InChI is InChI=1S/C38H64N4O16/c1-19(2)13-11-9-7-5-4-6-8-10-12-14-24(46)40-27-31(51)28(48)22(55-37(27)58-36-26(39-20(3)44)30(50)29(49)23(18-43)56-36)17-21(45)34-32(52)33(53)35(57-34)42-16-15-25(47)41-38(42)54/h15-16,19,21-23,26-37,43,45,48-53H,4-14,17-18H2,1-3H3,(H,39,44)(H,40,46)(H,41,47,54)/t21?,22-,23-,26-,27-,28+,29-,30-,31-,32+,33-,34-,35-,36+,37+/m1/s1. The Morgan fingerprint density at radius 3 is 1.90 bits per heavy atom. The van der Waals surface area contributed by atoms with E-state index >= 15 is 0 Å². The zero-order valence-corrected chi connectivity index (χ0v) is 33.4. The van der Waals surface area contributed by atoms with Crippen LogP contribution in [0.25, 0.3) is 0 Å². The van der Waals surface area contributed by atoms with Gasteiger partial charge in [0.05, 0.1) is 18.8 Å². The summed E-state index contributed by atoms with van der Waals surface area (Å²) in [4.78, 5) is 51.2. The molecule has 3 aliphatic rings. The monoisotopic (exact) mass is 832 g/mol. The number of aromatic amines is 1. The summed E-state index contributed by atoms with van der Waals surface area (Å²) in [5.74, 6) is -0.444. The van der Waals surface area contributed by atoms with Gasteiger partial charge in [0.25, 0.3) is 5.56 Å². The van der Waals surface area contributed by atoms with E-state index in [4.69, 9.17) is 18.9 Å². The SMILES string of the molecule is CC(=O)N[C@H]1[C@H](O[C@@H]2O[C@H](CC(O)[C@H]3O[C@@H](n4ccc(=O)[nH]c4=O)[C@H](O)[C@@H]3O)[C@H](O)[C@H](O)[C@H]2NC(=O)CCCCCCCCCCCC(C)C)O[C@H](CO)[C@@H](O)[C@@H]1O. The zero-order chi connectivity index (χ0) is 42.7. The number of hydrogen-bond donors (Lipinski definition) is 11. The molecule has 20 heteroatoms. The first-order valence-electron chi connectivity index (χ1n) is 20.4. The summed E-state index contributed by atoms with van der Waals surface area (Å²) >= 11 is 0. The highest BCUT2D eigenvalue weighted by molar-refractivity contribution is 5.76. The Bertz CT molecular complexity index is 1550. The number of amides is 2. The molecule has 0 spiro atoms. The van der Waals surface area contributed by atoms with Crippen molar-refractivity contribution in [1.29, 1.82) is 0 Å². The van der Waals surface area contributed by atoms with Crippen LogP contribution in [0.3, 0.4) is 0 Å². The number of H-pyrrole nitrogens is 1. The lowest BCUT2D eigenvalue weighted by Crippen LogP contribution is -2.69. The fraction of sp³-hybridized carbons (Fsp3) is 0.842. The molecule has 3 aliphatic heterocycles. The van der Waals surface area contributed by atoms with Crippen molar-refractivity contribution in [2.75, 3.05) is 6.61 Å². The van der Waals surface area contributed by atoms with Gasteiger partial charge in [-0.2, -0.15) is 0 Å². The Morgan fingerprint density at radius 1 is 0.776 bits per heavy atom. The lowest BCUT2D eigenvalue weighted by Gasteiger charge is -2.47. The normalized spacial score (nSPS) is 34.6. The number of aliphatic hydroxyl groups excluding tert-OH is 8. The van der Waals surface area contributed by atoms with Crippen LogP contribution >= 0.6 is 0 Å². The van der Waals surface area contributed by atoms with Gasteiger partial charge in [0, 0.05) is 32.0 Å². The van der Waals surface area contributed by atoms with Crippen LogP contribution in [-0.4, -0.2) is 155 Å². The van der Waals surface area contributed by atoms with E-state index < -0.39 is 128 Å². The van der Waals surface area contributed by atoms with Crippen molar-refractivity contribution < 1.29 is 69.4 Å². The quantitative estimate of drug-likeness (QED) is 0.0583. The predicted molar refractivity (Wildman–Crippen MR) is 203 cm³/mol. The van der Waals surface area contributed by atoms with Crippen LogP contribution in [0.15, 0.2) is 21.9 Å². The van der Waals surface area contributed by atoms with Crippen molar-refractivity contribution in [2.24, 2.45) is 5.92 Å². The Hall–Kier alpha value is -2.86. The van der Waals surface area contributed by atoms with Crippen LogP contribution in [0.1, 0.15) is 104 Å². The molecule has 20 nitrogen and oxygen atoms in total. The second-order valence-electron chi connectivity index (χ2n) is 16.1. The molecule has 0 aromatic carbocycles. The van der Waals surface area contributed by atoms with Crippen molar-refractivity contribution in [2.45, 2.75) is 190 Å². The molecular formula is C38H64N4O16. The second-order valence-corrected chi connectivity index (χ2v) is 16.1. The van der Waals surface area contributed by atoms with Crippen LogP contribution in [0.4, 0.5) is 0 Å². The average Bonchev–Trinajstić information content (AvgIpc) is 3.46. The Labute approximate surface area is 336 Å². The van der Waals surface area contributed by atoms with Gasteiger partial charge in [-0.05, 0) is 12.3 Å². The molecule has 0 radical (unpaired) electrons. The van der Waals surface area contributed by atoms with Gasteiger partial charge in [-0.15, -0.1) is 0 Å². The molecule has 0 saturated carbocycles. The van der Waals surface area contributed by atoms with Crippen molar-refractivity contribution >= 4 is 11.8 Å². The van der Waals surface area contributed by atoms with Gasteiger partial charge >= 0.3 is 5.69 Å². The fourth-order valence-corrected chi connectivity index (χ4v) is 7.68. The number of nitrogens with zero attached hydrogens (tertiary/aromatic N) is 1. The first-order valence-corrected chi connectivity index (χ1v) is 20.4. The minimum Gasteiger partial charge on any atom is -0.394 e. The highest BCUT2D eigenvalue weighted by Crippen LogP contribution is 2.34. The Balaban J connectivity index is 1.44. The summed E-state index contributed by atoms with van der Waals surface area (Å²) in [7, 11) is 0. The number of hydrogen-bond acceptors (Lipinski definition) is 16. The molecule has 4 rings (SSSR count). The third-order valence-electron chi connectivity index (χ3n) is 11.0. The average molecular weight is 833 g/mol. The van der Waals surface area contributed by atoms with Crippen LogP contribution in [0.5, 0.6) is 0 Å². The number of aromatic nitrogens is 2. The molecule has 58 heavy (non-hydrogen) atoms. The van der Waals surface area contributed by atoms with E-state index in [1.165, 1.54) is 25.7 Å². The number of ether oxygens (including phenoxy) is 4. The van der Waals surface area contributed by atoms with Crippen LogP contribution in [-0.2, 0) is 28.5 Å². The van der Waals surface area contributed by atoms with Gasteiger partial charge in [-0.1, -0.05) is 71.6 Å². The summed E-state index contributed by atoms with van der Waals surface area (Å²) in [5.41, 5.74) is -1.68. The fourth-order valence-electron chi connectivity index (χ4n) is 7.68. The minimum absolute atomic E-state index is 0.0636. The van der Waals surface area contributed by atoms with Gasteiger partial charge in [0.15, 0.2) is 18.8 Å². The van der Waals surface area contributed by atoms with Crippen molar-refractivity contribution in [3.05, 3.63) is 33.1 Å². The van der Waals surface area contributed by atoms with E-state index in [9.17, 15) is 60.0 Å². The van der Waals surface area contributed by atoms with Crippen molar-refractivity contribution in [1.82, 2.24) is 20.2 Å². The van der Waals surface area contributed by atoms with Gasteiger partial charge in [0.2, 0.25) is 11.8 Å². The van der Waals surface area contributed by atoms with E-state index in [0.29, 0.717) is 12.3 Å². The summed E-state index contributed by atoms with van der Waals surface area (Å²) in [6.07, 6.45) is -10.6. The molecule has 3 fully saturated rings. The van der Waals surface area contributed by atoms with E-state index in [-0.39, 0.29) is 6.42 Å². The second kappa shape index (κ2) is 22.7. The Morgan fingerprint density at radius 2 is 1.33 bits per heavy atom. The first-order chi connectivity index (χ1) is 27.5. The predicted octanol–water partition coefficient (Wildman–Crippen LogP) is -2.25. The number of unbranched alkanes of at least 4 members (excludes halogenated alkanes) is 8. The molecule has 3 saturated heterocycles. The van der Waals surface area contributed by atoms with Gasteiger partial charge < -0.3 is 70.4 Å². The highest BCUT2D eigenvalue weighted by atomic mass is 16.8. The topological polar surface area (TPSA) is 312 Å². The van der Waals surface area contributed by atoms with Gasteiger partial charge in [-0.3, -0.25) is 23.9 Å². The van der Waals surface area contributed by atoms with E-state index in [1.54, 1.807) is 0 Å². The molecule has 1 aromatic heterocycles. The molecule has 1 aromatic rings. The summed E-state index contributed by atoms with van der Waals surface area (Å²) in [5, 5.41) is 91.5. The molecule has 11 N–H and O–H groups in total. The molecule has 2 amide bonds. The lowest BCUT2D eigenvalue weighted by molar-refractivity contribution is -0.347. The molecular weight excluding hydrogens is 768 g/mol. The number of nitrogens with one attached hydrogen (secondary N) is 3. The van der Waals surface area contributed by atoms with Crippen LogP contribution < -0.4 is 21.9 Å². The summed E-state index contributed by atoms with van der Waals surface area (Å²) < 4.78 is 24.2. The minimum atomic E-state index is -1.82. The van der Waals surface area contributed by atoms with Gasteiger partial charge in [-0.25, -0.2) is 4.79 Å². The molecule has 4 heterocycles. The van der Waals surface area contributed by atoms with Crippen LogP contribution in [0, 0.1) is 5.92 Å². The number of carbonyl (C=O) groups excluding carboxylic acids is 2. The van der Waals surface area contributed by atoms with Crippen LogP contribution in [0.2, 0.25) is 0 Å². The zero-order valence-electron chi connectivity index (χ0n) is 33.4. The molecule has 15 atom stereocenters. The number of rotatable bonds is 21. The third-order valence-corrected chi connectivity index (χ3v) is 11.0. The van der Waals surface area contributed by atoms with E-state index in [1.807, 2.05) is 4.98 Å². The maximum Gasteiger partial charge on any atom is 0.330 e. The van der Waals surface area contributed by atoms with E-state index in [0.717, 1.165) is 55.9 Å². The lowest BCUT2D eigenvalue weighted by atomic mass is 9.91. The van der Waals surface area contributed by atoms with Crippen molar-refractivity contribution in [3.8, 4) is 0 Å². The number of carbonyl (C=O) groups is 2. The van der Waals surface area contributed by atoms with Crippen molar-refractivity contribution in [3.63, 3.8) is 0 Å². The maximum absolute atomic E-state index is 13.2. The largest absolute Gasteiger partial charge is 0.394 e. The number of aliphatic hydroxyl groups is 8. The summed E-state index contributed by atoms with van der Waals surface area (Å²) in [6.45, 7) is 4.81. The molecule has 332 valence electrons.